The van der Waals surface area contributed by atoms with Gasteiger partial charge in [0.2, 0.25) is 0 Å². The summed E-state index contributed by atoms with van der Waals surface area (Å²) >= 11 is 5.88. The van der Waals surface area contributed by atoms with Crippen LogP contribution >= 0.6 is 11.6 Å². The molecular formula is C15H18ClN3O3S. The van der Waals surface area contributed by atoms with Gasteiger partial charge in [0.05, 0.1) is 19.0 Å². The van der Waals surface area contributed by atoms with Gasteiger partial charge in [-0.05, 0) is 36.8 Å². The maximum absolute atomic E-state index is 12.5. The summed E-state index contributed by atoms with van der Waals surface area (Å²) in [5, 5.41) is 3.42. The van der Waals surface area contributed by atoms with Crippen LogP contribution < -0.4 is 14.8 Å². The molecule has 124 valence electrons. The molecular weight excluding hydrogens is 338 g/mol. The van der Waals surface area contributed by atoms with Crippen molar-refractivity contribution in [2.24, 2.45) is 0 Å². The number of hydrogen-bond acceptors (Lipinski definition) is 5. The molecule has 0 saturated carbocycles. The summed E-state index contributed by atoms with van der Waals surface area (Å²) in [6.07, 6.45) is 2.43. The number of rotatable bonds is 7. The van der Waals surface area contributed by atoms with Crippen LogP contribution in [0.25, 0.3) is 0 Å². The van der Waals surface area contributed by atoms with E-state index in [0.29, 0.717) is 16.5 Å². The van der Waals surface area contributed by atoms with Gasteiger partial charge in [-0.1, -0.05) is 18.5 Å². The number of benzene rings is 1. The highest BCUT2D eigenvalue weighted by atomic mass is 35.5. The lowest BCUT2D eigenvalue weighted by Gasteiger charge is -2.12. The fourth-order valence-corrected chi connectivity index (χ4v) is 3.36. The number of hydrogen-bond donors (Lipinski definition) is 2. The van der Waals surface area contributed by atoms with Gasteiger partial charge in [0, 0.05) is 11.6 Å². The molecule has 6 nitrogen and oxygen atoms in total. The number of anilines is 2. The van der Waals surface area contributed by atoms with Gasteiger partial charge in [-0.3, -0.25) is 4.72 Å². The van der Waals surface area contributed by atoms with Crippen LogP contribution in [0.3, 0.4) is 0 Å². The average molecular weight is 356 g/mol. The Morgan fingerprint density at radius 2 is 2.04 bits per heavy atom. The summed E-state index contributed by atoms with van der Waals surface area (Å²) < 4.78 is 32.5. The van der Waals surface area contributed by atoms with Crippen molar-refractivity contribution in [3.63, 3.8) is 0 Å². The minimum absolute atomic E-state index is 0.0271. The molecule has 1 aromatic carbocycles. The van der Waals surface area contributed by atoms with Gasteiger partial charge in [0.1, 0.15) is 16.5 Å². The Hall–Kier alpha value is -1.99. The van der Waals surface area contributed by atoms with Crippen molar-refractivity contribution in [2.45, 2.75) is 18.2 Å². The molecule has 0 fully saturated rings. The third kappa shape index (κ3) is 4.49. The molecule has 1 heterocycles. The summed E-state index contributed by atoms with van der Waals surface area (Å²) in [4.78, 5) is 4.13. The van der Waals surface area contributed by atoms with Crippen LogP contribution in [0, 0.1) is 0 Å². The number of ether oxygens (including phenoxy) is 1. The highest BCUT2D eigenvalue weighted by Gasteiger charge is 2.20. The lowest BCUT2D eigenvalue weighted by Crippen LogP contribution is -2.14. The van der Waals surface area contributed by atoms with Crippen LogP contribution in [0.2, 0.25) is 5.02 Å². The van der Waals surface area contributed by atoms with Crippen LogP contribution in [0.1, 0.15) is 13.3 Å². The number of halogens is 1. The zero-order valence-corrected chi connectivity index (χ0v) is 14.4. The van der Waals surface area contributed by atoms with E-state index in [1.165, 1.54) is 25.4 Å². The third-order valence-electron chi connectivity index (χ3n) is 2.99. The summed E-state index contributed by atoms with van der Waals surface area (Å²) in [6.45, 7) is 2.85. The largest absolute Gasteiger partial charge is 0.495 e. The second-order valence-electron chi connectivity index (χ2n) is 4.76. The van der Waals surface area contributed by atoms with E-state index in [-0.39, 0.29) is 10.6 Å². The SMILES string of the molecule is CCCNc1ccc(NS(=O)(=O)c2cc(Cl)ccc2OC)cn1. The lowest BCUT2D eigenvalue weighted by atomic mass is 10.3. The van der Waals surface area contributed by atoms with Crippen molar-refractivity contribution >= 4 is 33.1 Å². The smallest absolute Gasteiger partial charge is 0.265 e. The molecule has 0 aliphatic rings. The molecule has 2 rings (SSSR count). The number of nitrogens with zero attached hydrogens (tertiary/aromatic N) is 1. The predicted octanol–water partition coefficient (Wildman–Crippen LogP) is 3.37. The van der Waals surface area contributed by atoms with E-state index in [2.05, 4.69) is 15.0 Å². The Kier molecular flexibility index (Phi) is 5.68. The average Bonchev–Trinajstić information content (AvgIpc) is 2.54. The first-order chi connectivity index (χ1) is 11.0. The molecule has 0 spiro atoms. The number of methoxy groups -OCH3 is 1. The Morgan fingerprint density at radius 1 is 1.26 bits per heavy atom. The van der Waals surface area contributed by atoms with E-state index in [1.807, 2.05) is 6.92 Å². The number of sulfonamides is 1. The van der Waals surface area contributed by atoms with Crippen LogP contribution in [0.5, 0.6) is 5.75 Å². The van der Waals surface area contributed by atoms with Crippen LogP contribution in [0.15, 0.2) is 41.4 Å². The van der Waals surface area contributed by atoms with E-state index in [0.717, 1.165) is 13.0 Å². The van der Waals surface area contributed by atoms with Crippen molar-refractivity contribution in [1.29, 1.82) is 0 Å². The fraction of sp³-hybridized carbons (Fsp3) is 0.267. The molecule has 2 aromatic rings. The summed E-state index contributed by atoms with van der Waals surface area (Å²) in [5.41, 5.74) is 0.356. The fourth-order valence-electron chi connectivity index (χ4n) is 1.88. The Balaban J connectivity index is 2.23. The van der Waals surface area contributed by atoms with Crippen molar-refractivity contribution in [3.05, 3.63) is 41.6 Å². The monoisotopic (exact) mass is 355 g/mol. The minimum Gasteiger partial charge on any atom is -0.495 e. The topological polar surface area (TPSA) is 80.3 Å². The summed E-state index contributed by atoms with van der Waals surface area (Å²) in [7, 11) is -2.43. The molecule has 0 aliphatic heterocycles. The summed E-state index contributed by atoms with van der Waals surface area (Å²) in [6, 6.07) is 7.76. The molecule has 0 unspecified atom stereocenters. The summed E-state index contributed by atoms with van der Waals surface area (Å²) in [5.74, 6) is 0.909. The molecule has 2 N–H and O–H groups in total. The lowest BCUT2D eigenvalue weighted by molar-refractivity contribution is 0.403. The zero-order chi connectivity index (χ0) is 16.9. The number of pyridine rings is 1. The van der Waals surface area contributed by atoms with Crippen molar-refractivity contribution in [1.82, 2.24) is 4.98 Å². The van der Waals surface area contributed by atoms with Gasteiger partial charge < -0.3 is 10.1 Å². The zero-order valence-electron chi connectivity index (χ0n) is 12.8. The van der Waals surface area contributed by atoms with E-state index in [1.54, 1.807) is 18.2 Å². The molecule has 0 saturated heterocycles. The second-order valence-corrected chi connectivity index (χ2v) is 6.85. The second kappa shape index (κ2) is 7.52. The molecule has 0 radical (unpaired) electrons. The van der Waals surface area contributed by atoms with Gasteiger partial charge in [-0.15, -0.1) is 0 Å². The highest BCUT2D eigenvalue weighted by Crippen LogP contribution is 2.28. The quantitative estimate of drug-likeness (QED) is 0.796. The standard InChI is InChI=1S/C15H18ClN3O3S/c1-3-8-17-15-7-5-12(10-18-15)19-23(20,21)14-9-11(16)4-6-13(14)22-2/h4-7,9-10,19H,3,8H2,1-2H3,(H,17,18). The molecule has 1 aromatic heterocycles. The predicted molar refractivity (Wildman–Crippen MR) is 91.8 cm³/mol. The normalized spacial score (nSPS) is 11.1. The van der Waals surface area contributed by atoms with Crippen molar-refractivity contribution in [3.8, 4) is 5.75 Å². The van der Waals surface area contributed by atoms with Gasteiger partial charge in [0.15, 0.2) is 0 Å². The third-order valence-corrected chi connectivity index (χ3v) is 4.62. The van der Waals surface area contributed by atoms with E-state index in [4.69, 9.17) is 16.3 Å². The first-order valence-electron chi connectivity index (χ1n) is 7.02. The Morgan fingerprint density at radius 3 is 2.65 bits per heavy atom. The van der Waals surface area contributed by atoms with E-state index in [9.17, 15) is 8.42 Å². The Labute approximate surface area is 140 Å². The van der Waals surface area contributed by atoms with E-state index < -0.39 is 10.0 Å². The molecule has 0 bridgehead atoms. The Bertz CT molecular complexity index is 764. The van der Waals surface area contributed by atoms with Gasteiger partial charge in [0.25, 0.3) is 10.0 Å². The minimum atomic E-state index is -3.83. The van der Waals surface area contributed by atoms with Crippen LogP contribution in [-0.2, 0) is 10.0 Å². The van der Waals surface area contributed by atoms with Gasteiger partial charge in [-0.2, -0.15) is 0 Å². The molecule has 0 atom stereocenters. The maximum Gasteiger partial charge on any atom is 0.265 e. The van der Waals surface area contributed by atoms with Crippen molar-refractivity contribution < 1.29 is 13.2 Å². The van der Waals surface area contributed by atoms with E-state index >= 15 is 0 Å². The highest BCUT2D eigenvalue weighted by molar-refractivity contribution is 7.92. The van der Waals surface area contributed by atoms with Gasteiger partial charge >= 0.3 is 0 Å². The molecule has 0 amide bonds. The number of nitrogens with one attached hydrogen (secondary N) is 2. The van der Waals surface area contributed by atoms with Crippen LogP contribution in [-0.4, -0.2) is 27.1 Å². The van der Waals surface area contributed by atoms with Crippen molar-refractivity contribution in [2.75, 3.05) is 23.7 Å². The van der Waals surface area contributed by atoms with Gasteiger partial charge in [-0.25, -0.2) is 13.4 Å². The molecule has 8 heteroatoms. The first kappa shape index (κ1) is 17.4. The molecule has 23 heavy (non-hydrogen) atoms. The van der Waals surface area contributed by atoms with Crippen LogP contribution in [0.4, 0.5) is 11.5 Å². The maximum atomic E-state index is 12.5. The first-order valence-corrected chi connectivity index (χ1v) is 8.88. The number of aromatic nitrogens is 1. The molecule has 0 aliphatic carbocycles.